The largest absolute Gasteiger partial charge is 0.444 e. The molecule has 1 aromatic carbocycles. The van der Waals surface area contributed by atoms with E-state index in [0.717, 1.165) is 11.8 Å². The highest BCUT2D eigenvalue weighted by atomic mass is 19.2. The number of alkyl carbamates (subject to hydrolysis) is 1. The first-order chi connectivity index (χ1) is 14.1. The lowest BCUT2D eigenvalue weighted by Crippen LogP contribution is -2.35. The van der Waals surface area contributed by atoms with Crippen LogP contribution in [0.3, 0.4) is 0 Å². The lowest BCUT2D eigenvalue weighted by molar-refractivity contribution is 0.0498. The minimum Gasteiger partial charge on any atom is -0.444 e. The van der Waals surface area contributed by atoms with Gasteiger partial charge < -0.3 is 19.4 Å². The quantitative estimate of drug-likeness (QED) is 0.754. The number of imidazole rings is 1. The summed E-state index contributed by atoms with van der Waals surface area (Å²) in [7, 11) is 1.60. The molecule has 1 amide bonds. The number of aromatic nitrogens is 2. The molecule has 0 saturated heterocycles. The number of methoxy groups -OCH3 is 1. The van der Waals surface area contributed by atoms with Gasteiger partial charge in [-0.2, -0.15) is 0 Å². The molecule has 3 atom stereocenters. The van der Waals surface area contributed by atoms with Crippen molar-refractivity contribution in [3.8, 4) is 0 Å². The second-order valence-corrected chi connectivity index (χ2v) is 8.65. The average molecular weight is 421 g/mol. The first-order valence-electron chi connectivity index (χ1n) is 10.1. The molecule has 0 bridgehead atoms. The van der Waals surface area contributed by atoms with Crippen molar-refractivity contribution in [1.29, 1.82) is 0 Å². The summed E-state index contributed by atoms with van der Waals surface area (Å²) in [6.45, 7) is 7.68. The van der Waals surface area contributed by atoms with Gasteiger partial charge in [-0.3, -0.25) is 0 Å². The Bertz CT molecular complexity index is 908. The summed E-state index contributed by atoms with van der Waals surface area (Å²) in [6.07, 6.45) is 1.98. The number of hydrogen-bond acceptors (Lipinski definition) is 4. The molecule has 0 spiro atoms. The van der Waals surface area contributed by atoms with Crippen molar-refractivity contribution >= 4 is 6.09 Å². The second kappa shape index (κ2) is 8.71. The lowest BCUT2D eigenvalue weighted by Gasteiger charge is -2.23. The predicted molar refractivity (Wildman–Crippen MR) is 108 cm³/mol. The first kappa shape index (κ1) is 22.2. The summed E-state index contributed by atoms with van der Waals surface area (Å²) in [4.78, 5) is 16.9. The van der Waals surface area contributed by atoms with Gasteiger partial charge in [-0.05, 0) is 52.2 Å². The standard InChI is InChI=1S/C22H29F2N3O3/c1-13(29-5)18-11-25-20-17(26-21(28)30-22(2,3)4)10-9-14(12-27(18)20)15-7-6-8-16(23)19(15)24/h6-8,11,13-14,17H,9-10,12H2,1-5H3,(H,26,28)/t13?,14-,17-/m1/s1. The van der Waals surface area contributed by atoms with Crippen molar-refractivity contribution in [1.82, 2.24) is 14.9 Å². The lowest BCUT2D eigenvalue weighted by atomic mass is 9.92. The highest BCUT2D eigenvalue weighted by Crippen LogP contribution is 2.36. The minimum atomic E-state index is -0.864. The number of fused-ring (bicyclic) bond motifs is 1. The molecule has 0 radical (unpaired) electrons. The Hall–Kier alpha value is -2.48. The van der Waals surface area contributed by atoms with Crippen molar-refractivity contribution in [2.24, 2.45) is 0 Å². The number of rotatable bonds is 4. The van der Waals surface area contributed by atoms with Crippen molar-refractivity contribution < 1.29 is 23.0 Å². The molecule has 0 saturated carbocycles. The maximum Gasteiger partial charge on any atom is 0.408 e. The summed E-state index contributed by atoms with van der Waals surface area (Å²) in [5.74, 6) is -1.32. The maximum absolute atomic E-state index is 14.5. The van der Waals surface area contributed by atoms with Crippen LogP contribution < -0.4 is 5.32 Å². The Balaban J connectivity index is 1.96. The topological polar surface area (TPSA) is 65.4 Å². The third kappa shape index (κ3) is 4.80. The van der Waals surface area contributed by atoms with Gasteiger partial charge in [0, 0.05) is 19.6 Å². The van der Waals surface area contributed by atoms with Crippen LogP contribution in [0.1, 0.15) is 75.7 Å². The summed E-state index contributed by atoms with van der Waals surface area (Å²) in [5.41, 5.74) is 0.503. The molecule has 6 nitrogen and oxygen atoms in total. The smallest absolute Gasteiger partial charge is 0.408 e. The van der Waals surface area contributed by atoms with Gasteiger partial charge in [0.1, 0.15) is 11.4 Å². The number of amides is 1. The molecule has 0 aliphatic carbocycles. The van der Waals surface area contributed by atoms with Gasteiger partial charge >= 0.3 is 6.09 Å². The molecule has 164 valence electrons. The zero-order valence-corrected chi connectivity index (χ0v) is 18.0. The Labute approximate surface area is 175 Å². The summed E-state index contributed by atoms with van der Waals surface area (Å²) in [5, 5.41) is 2.89. The molecule has 0 fully saturated rings. The Morgan fingerprint density at radius 1 is 1.30 bits per heavy atom. The molecule has 2 heterocycles. The molecule has 1 aromatic heterocycles. The maximum atomic E-state index is 14.5. The summed E-state index contributed by atoms with van der Waals surface area (Å²) in [6, 6.07) is 3.83. The monoisotopic (exact) mass is 421 g/mol. The zero-order chi connectivity index (χ0) is 22.1. The van der Waals surface area contributed by atoms with Crippen LogP contribution in [0.5, 0.6) is 0 Å². The van der Waals surface area contributed by atoms with Crippen LogP contribution in [0.15, 0.2) is 24.4 Å². The number of nitrogens with one attached hydrogen (secondary N) is 1. The second-order valence-electron chi connectivity index (χ2n) is 8.65. The van der Waals surface area contributed by atoms with Gasteiger partial charge in [-0.1, -0.05) is 12.1 Å². The molecule has 1 N–H and O–H groups in total. The van der Waals surface area contributed by atoms with Crippen LogP contribution in [0.2, 0.25) is 0 Å². The Kier molecular flexibility index (Phi) is 6.45. The third-order valence-electron chi connectivity index (χ3n) is 5.32. The highest BCUT2D eigenvalue weighted by molar-refractivity contribution is 5.68. The fourth-order valence-corrected chi connectivity index (χ4v) is 3.81. The van der Waals surface area contributed by atoms with Crippen LogP contribution in [0.4, 0.5) is 13.6 Å². The van der Waals surface area contributed by atoms with Gasteiger partial charge in [-0.15, -0.1) is 0 Å². The molecule has 8 heteroatoms. The third-order valence-corrected chi connectivity index (χ3v) is 5.32. The number of nitrogens with zero attached hydrogens (tertiary/aromatic N) is 2. The molecule has 3 rings (SSSR count). The van der Waals surface area contributed by atoms with Crippen LogP contribution in [-0.4, -0.2) is 28.4 Å². The normalized spacial score (nSPS) is 20.2. The van der Waals surface area contributed by atoms with Gasteiger partial charge in [0.15, 0.2) is 11.6 Å². The molecule has 1 aliphatic heterocycles. The van der Waals surface area contributed by atoms with Gasteiger partial charge in [0.25, 0.3) is 0 Å². The van der Waals surface area contributed by atoms with E-state index >= 15 is 0 Å². The van der Waals surface area contributed by atoms with Gasteiger partial charge in [0.05, 0.1) is 24.0 Å². The minimum absolute atomic E-state index is 0.246. The fraction of sp³-hybridized carbons (Fsp3) is 0.545. The van der Waals surface area contributed by atoms with Crippen molar-refractivity contribution in [2.75, 3.05) is 7.11 Å². The number of ether oxygens (including phenoxy) is 2. The number of hydrogen-bond donors (Lipinski definition) is 1. The fourth-order valence-electron chi connectivity index (χ4n) is 3.81. The SMILES string of the molecule is COC(C)c1cnc2n1C[C@H](c1cccc(F)c1F)CC[C@H]2NC(=O)OC(C)(C)C. The molecule has 30 heavy (non-hydrogen) atoms. The number of benzene rings is 1. The average Bonchev–Trinajstić information content (AvgIpc) is 2.99. The van der Waals surface area contributed by atoms with Gasteiger partial charge in [-0.25, -0.2) is 18.6 Å². The Morgan fingerprint density at radius 3 is 2.70 bits per heavy atom. The van der Waals surface area contributed by atoms with E-state index in [1.807, 2.05) is 11.5 Å². The van der Waals surface area contributed by atoms with E-state index in [1.54, 1.807) is 40.1 Å². The molecular weight excluding hydrogens is 392 g/mol. The van der Waals surface area contributed by atoms with Crippen LogP contribution in [0.25, 0.3) is 0 Å². The van der Waals surface area contributed by atoms with Crippen LogP contribution >= 0.6 is 0 Å². The predicted octanol–water partition coefficient (Wildman–Crippen LogP) is 5.01. The van der Waals surface area contributed by atoms with Crippen LogP contribution in [-0.2, 0) is 16.0 Å². The van der Waals surface area contributed by atoms with E-state index < -0.39 is 29.4 Å². The van der Waals surface area contributed by atoms with Gasteiger partial charge in [0.2, 0.25) is 0 Å². The molecular formula is C22H29F2N3O3. The highest BCUT2D eigenvalue weighted by Gasteiger charge is 2.32. The van der Waals surface area contributed by atoms with Crippen LogP contribution in [0, 0.1) is 11.6 Å². The molecule has 1 aliphatic rings. The summed E-state index contributed by atoms with van der Waals surface area (Å²) >= 11 is 0. The van der Waals surface area contributed by atoms with Crippen molar-refractivity contribution in [3.63, 3.8) is 0 Å². The van der Waals surface area contributed by atoms with E-state index in [2.05, 4.69) is 10.3 Å². The van der Waals surface area contributed by atoms with E-state index in [0.29, 0.717) is 30.8 Å². The molecule has 1 unspecified atom stereocenters. The summed E-state index contributed by atoms with van der Waals surface area (Å²) < 4.78 is 41.2. The number of halogens is 2. The Morgan fingerprint density at radius 2 is 2.03 bits per heavy atom. The van der Waals surface area contributed by atoms with E-state index in [9.17, 15) is 13.6 Å². The van der Waals surface area contributed by atoms with Crippen molar-refractivity contribution in [3.05, 3.63) is 53.1 Å². The van der Waals surface area contributed by atoms with Crippen molar-refractivity contribution in [2.45, 2.75) is 70.7 Å². The zero-order valence-electron chi connectivity index (χ0n) is 18.0. The number of carbonyl (C=O) groups is 1. The van der Waals surface area contributed by atoms with E-state index in [-0.39, 0.29) is 12.0 Å². The first-order valence-corrected chi connectivity index (χ1v) is 10.1. The molecule has 2 aromatic rings. The van der Waals surface area contributed by atoms with E-state index in [4.69, 9.17) is 9.47 Å². The number of carbonyl (C=O) groups excluding carboxylic acids is 1. The van der Waals surface area contributed by atoms with E-state index in [1.165, 1.54) is 6.07 Å².